The molecule has 1 saturated heterocycles. The van der Waals surface area contributed by atoms with Crippen molar-refractivity contribution in [2.75, 3.05) is 46.4 Å². The van der Waals surface area contributed by atoms with E-state index in [0.717, 1.165) is 42.2 Å². The van der Waals surface area contributed by atoms with Crippen molar-refractivity contribution in [2.45, 2.75) is 13.0 Å². The van der Waals surface area contributed by atoms with Crippen molar-refractivity contribution in [3.8, 4) is 5.69 Å². The summed E-state index contributed by atoms with van der Waals surface area (Å²) in [6.07, 6.45) is 2.63. The second-order valence-electron chi connectivity index (χ2n) is 7.39. The quantitative estimate of drug-likeness (QED) is 0.607. The average molecular weight is 409 g/mol. The first-order valence-corrected chi connectivity index (χ1v) is 10.4. The fraction of sp³-hybridized carbons (Fsp3) is 0.409. The molecule has 3 aromatic rings. The predicted molar refractivity (Wildman–Crippen MR) is 116 cm³/mol. The molecule has 0 spiro atoms. The standard InChI is InChI=1S/C22H28N6O2/c1-30-16-6-11-24-22(29)27-14-12-26(13-15-27)17-20-25-19-9-5-10-23-21(19)28(20)18-7-3-2-4-8-18/h2-5,7-10H,6,11-17H2,1H3,(H,24,29). The monoisotopic (exact) mass is 408 g/mol. The molecule has 30 heavy (non-hydrogen) atoms. The van der Waals surface area contributed by atoms with Gasteiger partial charge in [-0.05, 0) is 30.7 Å². The molecule has 0 unspecified atom stereocenters. The zero-order valence-corrected chi connectivity index (χ0v) is 17.3. The molecule has 4 rings (SSSR count). The van der Waals surface area contributed by atoms with Gasteiger partial charge in [-0.15, -0.1) is 0 Å². The lowest BCUT2D eigenvalue weighted by Gasteiger charge is -2.34. The van der Waals surface area contributed by atoms with Crippen molar-refractivity contribution in [3.05, 3.63) is 54.5 Å². The van der Waals surface area contributed by atoms with Crippen LogP contribution >= 0.6 is 0 Å². The molecular weight excluding hydrogens is 380 g/mol. The second-order valence-corrected chi connectivity index (χ2v) is 7.39. The minimum Gasteiger partial charge on any atom is -0.385 e. The highest BCUT2D eigenvalue weighted by atomic mass is 16.5. The number of nitrogens with zero attached hydrogens (tertiary/aromatic N) is 5. The minimum absolute atomic E-state index is 0.00600. The molecule has 8 heteroatoms. The van der Waals surface area contributed by atoms with Crippen LogP contribution < -0.4 is 5.32 Å². The van der Waals surface area contributed by atoms with Gasteiger partial charge in [-0.1, -0.05) is 18.2 Å². The summed E-state index contributed by atoms with van der Waals surface area (Å²) in [5.74, 6) is 0.965. The number of amides is 2. The highest BCUT2D eigenvalue weighted by Gasteiger charge is 2.23. The Kier molecular flexibility index (Phi) is 6.56. The first-order chi connectivity index (χ1) is 14.8. The van der Waals surface area contributed by atoms with Crippen LogP contribution in [0.2, 0.25) is 0 Å². The van der Waals surface area contributed by atoms with E-state index >= 15 is 0 Å². The number of ether oxygens (including phenoxy) is 1. The van der Waals surface area contributed by atoms with Crippen LogP contribution in [-0.2, 0) is 11.3 Å². The van der Waals surface area contributed by atoms with Gasteiger partial charge >= 0.3 is 6.03 Å². The first kappa shape index (κ1) is 20.3. The maximum absolute atomic E-state index is 12.3. The molecule has 0 radical (unpaired) electrons. The van der Waals surface area contributed by atoms with E-state index in [1.165, 1.54) is 0 Å². The Hall–Kier alpha value is -2.97. The van der Waals surface area contributed by atoms with Gasteiger partial charge in [-0.3, -0.25) is 9.47 Å². The van der Waals surface area contributed by atoms with Gasteiger partial charge in [0.05, 0.1) is 6.54 Å². The van der Waals surface area contributed by atoms with Crippen LogP contribution in [0.5, 0.6) is 0 Å². The van der Waals surface area contributed by atoms with Crippen LogP contribution in [-0.4, -0.2) is 76.8 Å². The van der Waals surface area contributed by atoms with Crippen molar-refractivity contribution >= 4 is 17.2 Å². The molecule has 0 bridgehead atoms. The Balaban J connectivity index is 1.42. The Labute approximate surface area is 176 Å². The molecule has 0 atom stereocenters. The zero-order valence-electron chi connectivity index (χ0n) is 17.3. The summed E-state index contributed by atoms with van der Waals surface area (Å²) in [5, 5.41) is 2.96. The van der Waals surface area contributed by atoms with Gasteiger partial charge in [-0.2, -0.15) is 0 Å². The molecule has 1 fully saturated rings. The predicted octanol–water partition coefficient (Wildman–Crippen LogP) is 2.28. The van der Waals surface area contributed by atoms with Gasteiger partial charge in [0.2, 0.25) is 0 Å². The number of para-hydroxylation sites is 1. The number of urea groups is 1. The Morgan fingerprint density at radius 2 is 1.90 bits per heavy atom. The first-order valence-electron chi connectivity index (χ1n) is 10.4. The number of carbonyl (C=O) groups excluding carboxylic acids is 1. The van der Waals surface area contributed by atoms with Gasteiger partial charge in [0.1, 0.15) is 11.3 Å². The number of fused-ring (bicyclic) bond motifs is 1. The Bertz CT molecular complexity index is 966. The number of rotatable bonds is 7. The van der Waals surface area contributed by atoms with Crippen molar-refractivity contribution in [1.82, 2.24) is 29.7 Å². The summed E-state index contributed by atoms with van der Waals surface area (Å²) >= 11 is 0. The van der Waals surface area contributed by atoms with Gasteiger partial charge in [0, 0.05) is 58.3 Å². The lowest BCUT2D eigenvalue weighted by atomic mass is 10.3. The van der Waals surface area contributed by atoms with E-state index in [-0.39, 0.29) is 6.03 Å². The molecule has 0 saturated carbocycles. The largest absolute Gasteiger partial charge is 0.385 e. The number of piperazine rings is 1. The van der Waals surface area contributed by atoms with Crippen molar-refractivity contribution in [3.63, 3.8) is 0 Å². The molecule has 1 aliphatic heterocycles. The maximum atomic E-state index is 12.3. The fourth-order valence-corrected chi connectivity index (χ4v) is 3.75. The van der Waals surface area contributed by atoms with Crippen molar-refractivity contribution in [1.29, 1.82) is 0 Å². The number of benzene rings is 1. The number of hydrogen-bond donors (Lipinski definition) is 1. The van der Waals surface area contributed by atoms with E-state index in [9.17, 15) is 4.79 Å². The molecule has 1 N–H and O–H groups in total. The Morgan fingerprint density at radius 1 is 1.10 bits per heavy atom. The highest BCUT2D eigenvalue weighted by molar-refractivity contribution is 5.74. The van der Waals surface area contributed by atoms with Crippen LogP contribution in [0.15, 0.2) is 48.7 Å². The molecule has 2 aromatic heterocycles. The lowest BCUT2D eigenvalue weighted by molar-refractivity contribution is 0.132. The molecule has 8 nitrogen and oxygen atoms in total. The molecule has 2 amide bonds. The molecule has 1 aromatic carbocycles. The van der Waals surface area contributed by atoms with Crippen LogP contribution in [0, 0.1) is 0 Å². The number of carbonyl (C=O) groups is 1. The number of nitrogens with one attached hydrogen (secondary N) is 1. The summed E-state index contributed by atoms with van der Waals surface area (Å²) < 4.78 is 7.15. The van der Waals surface area contributed by atoms with Gasteiger partial charge < -0.3 is 15.0 Å². The van der Waals surface area contributed by atoms with E-state index < -0.39 is 0 Å². The van der Waals surface area contributed by atoms with E-state index in [1.54, 1.807) is 13.3 Å². The second kappa shape index (κ2) is 9.69. The third-order valence-corrected chi connectivity index (χ3v) is 5.33. The van der Waals surface area contributed by atoms with Crippen LogP contribution in [0.1, 0.15) is 12.2 Å². The number of methoxy groups -OCH3 is 1. The maximum Gasteiger partial charge on any atom is 0.317 e. The topological polar surface area (TPSA) is 75.5 Å². The van der Waals surface area contributed by atoms with E-state index in [4.69, 9.17) is 9.72 Å². The Morgan fingerprint density at radius 3 is 2.67 bits per heavy atom. The lowest BCUT2D eigenvalue weighted by Crippen LogP contribution is -2.51. The third kappa shape index (κ3) is 4.60. The molecule has 158 valence electrons. The van der Waals surface area contributed by atoms with Crippen LogP contribution in [0.3, 0.4) is 0 Å². The minimum atomic E-state index is 0.00600. The van der Waals surface area contributed by atoms with Crippen molar-refractivity contribution in [2.24, 2.45) is 0 Å². The SMILES string of the molecule is COCCCNC(=O)N1CCN(Cc2nc3cccnc3n2-c2ccccc2)CC1. The molecule has 0 aliphatic carbocycles. The van der Waals surface area contributed by atoms with Crippen LogP contribution in [0.25, 0.3) is 16.9 Å². The van der Waals surface area contributed by atoms with Crippen molar-refractivity contribution < 1.29 is 9.53 Å². The van der Waals surface area contributed by atoms with E-state index in [0.29, 0.717) is 32.8 Å². The third-order valence-electron chi connectivity index (χ3n) is 5.33. The van der Waals surface area contributed by atoms with Crippen LogP contribution in [0.4, 0.5) is 4.79 Å². The molecule has 3 heterocycles. The smallest absolute Gasteiger partial charge is 0.317 e. The molecule has 1 aliphatic rings. The van der Waals surface area contributed by atoms with Gasteiger partial charge in [-0.25, -0.2) is 14.8 Å². The zero-order chi connectivity index (χ0) is 20.8. The average Bonchev–Trinajstić information content (AvgIpc) is 3.15. The number of imidazole rings is 1. The summed E-state index contributed by atoms with van der Waals surface area (Å²) in [6.45, 7) is 5.06. The van der Waals surface area contributed by atoms with Gasteiger partial charge in [0.25, 0.3) is 0 Å². The summed E-state index contributed by atoms with van der Waals surface area (Å²) in [4.78, 5) is 25.9. The summed E-state index contributed by atoms with van der Waals surface area (Å²) in [7, 11) is 1.67. The van der Waals surface area contributed by atoms with E-state index in [2.05, 4.69) is 31.9 Å². The number of aromatic nitrogens is 3. The molecular formula is C22H28N6O2. The highest BCUT2D eigenvalue weighted by Crippen LogP contribution is 2.21. The number of pyridine rings is 1. The van der Waals surface area contributed by atoms with Gasteiger partial charge in [0.15, 0.2) is 5.65 Å². The normalized spacial score (nSPS) is 14.9. The number of hydrogen-bond acceptors (Lipinski definition) is 5. The summed E-state index contributed by atoms with van der Waals surface area (Å²) in [5.41, 5.74) is 2.82. The van der Waals surface area contributed by atoms with E-state index in [1.807, 2.05) is 35.2 Å². The summed E-state index contributed by atoms with van der Waals surface area (Å²) in [6, 6.07) is 14.1. The fourth-order valence-electron chi connectivity index (χ4n) is 3.75.